The van der Waals surface area contributed by atoms with Crippen molar-refractivity contribution in [1.29, 1.82) is 0 Å². The molecule has 1 aliphatic rings. The fraction of sp³-hybridized carbons (Fsp3) is 0.400. The van der Waals surface area contributed by atoms with E-state index in [0.29, 0.717) is 13.1 Å². The monoisotopic (exact) mass is 338 g/mol. The molecule has 23 heavy (non-hydrogen) atoms. The Kier molecular flexibility index (Phi) is 5.86. The summed E-state index contributed by atoms with van der Waals surface area (Å²) < 4.78 is 10.1. The topological polar surface area (TPSA) is 84.9 Å². The number of nitrogens with one attached hydrogen (secondary N) is 1. The van der Waals surface area contributed by atoms with E-state index < -0.39 is 24.0 Å². The highest BCUT2D eigenvalue weighted by Gasteiger charge is 2.31. The lowest BCUT2D eigenvalue weighted by Crippen LogP contribution is -2.42. The first kappa shape index (κ1) is 17.1. The molecule has 2 rings (SSSR count). The van der Waals surface area contributed by atoms with Gasteiger partial charge < -0.3 is 14.8 Å². The van der Waals surface area contributed by atoms with Crippen molar-refractivity contribution in [2.45, 2.75) is 17.9 Å². The Bertz CT molecular complexity index is 590. The Morgan fingerprint density at radius 3 is 2.61 bits per heavy atom. The number of hydrogen-bond donors (Lipinski definition) is 1. The lowest BCUT2D eigenvalue weighted by Gasteiger charge is -2.18. The zero-order chi connectivity index (χ0) is 16.8. The zero-order valence-electron chi connectivity index (χ0n) is 12.9. The maximum atomic E-state index is 12.0. The molecule has 0 unspecified atom stereocenters. The predicted molar refractivity (Wildman–Crippen MR) is 84.4 cm³/mol. The van der Waals surface area contributed by atoms with Crippen molar-refractivity contribution >= 4 is 29.7 Å². The smallest absolute Gasteiger partial charge is 0.324 e. The third kappa shape index (κ3) is 4.62. The van der Waals surface area contributed by atoms with Gasteiger partial charge in [-0.05, 0) is 31.2 Å². The van der Waals surface area contributed by atoms with Crippen LogP contribution in [0.15, 0.2) is 29.2 Å². The highest BCUT2D eigenvalue weighted by molar-refractivity contribution is 8.00. The van der Waals surface area contributed by atoms with Gasteiger partial charge in [-0.2, -0.15) is 0 Å². The normalized spacial score (nSPS) is 15.0. The number of ether oxygens (including phenoxy) is 2. The van der Waals surface area contributed by atoms with Crippen LogP contribution in [0.4, 0.5) is 4.79 Å². The minimum absolute atomic E-state index is 0.0795. The van der Waals surface area contributed by atoms with E-state index in [-0.39, 0.29) is 5.75 Å². The van der Waals surface area contributed by atoms with E-state index in [4.69, 9.17) is 9.47 Å². The summed E-state index contributed by atoms with van der Waals surface area (Å²) in [6.45, 7) is 2.17. The average molecular weight is 338 g/mol. The van der Waals surface area contributed by atoms with Crippen molar-refractivity contribution in [3.63, 3.8) is 0 Å². The number of imide groups is 1. The molecule has 1 saturated heterocycles. The van der Waals surface area contributed by atoms with Crippen molar-refractivity contribution in [2.24, 2.45) is 0 Å². The van der Waals surface area contributed by atoms with Gasteiger partial charge in [-0.25, -0.2) is 4.79 Å². The van der Waals surface area contributed by atoms with Gasteiger partial charge in [0.05, 0.1) is 12.9 Å². The van der Waals surface area contributed by atoms with E-state index in [2.05, 4.69) is 5.32 Å². The largest absolute Gasteiger partial charge is 0.497 e. The third-order valence-electron chi connectivity index (χ3n) is 3.19. The molecule has 0 aromatic heterocycles. The van der Waals surface area contributed by atoms with Crippen LogP contribution in [0.5, 0.6) is 5.75 Å². The predicted octanol–water partition coefficient (Wildman–Crippen LogP) is 1.27. The van der Waals surface area contributed by atoms with Crippen LogP contribution in [0.1, 0.15) is 6.92 Å². The molecular weight excluding hydrogens is 320 g/mol. The Morgan fingerprint density at radius 2 is 2.04 bits per heavy atom. The summed E-state index contributed by atoms with van der Waals surface area (Å²) in [6, 6.07) is 6.81. The van der Waals surface area contributed by atoms with Crippen LogP contribution < -0.4 is 10.1 Å². The van der Waals surface area contributed by atoms with Crippen molar-refractivity contribution in [2.75, 3.05) is 26.0 Å². The fourth-order valence-electron chi connectivity index (χ4n) is 2.00. The number of urea groups is 1. The molecule has 1 fully saturated rings. The average Bonchev–Trinajstić information content (AvgIpc) is 2.98. The van der Waals surface area contributed by atoms with Gasteiger partial charge in [0.25, 0.3) is 5.91 Å². The molecule has 0 aliphatic carbocycles. The summed E-state index contributed by atoms with van der Waals surface area (Å²) in [5, 5.41) is 2.53. The summed E-state index contributed by atoms with van der Waals surface area (Å²) >= 11 is 1.30. The number of esters is 1. The molecule has 1 heterocycles. The Morgan fingerprint density at radius 1 is 1.35 bits per heavy atom. The number of benzene rings is 1. The number of carbonyl (C=O) groups is 3. The number of carbonyl (C=O) groups excluding carboxylic acids is 3. The number of amides is 3. The summed E-state index contributed by atoms with van der Waals surface area (Å²) in [5.74, 6) is -0.204. The first-order chi connectivity index (χ1) is 11.0. The van der Waals surface area contributed by atoms with Gasteiger partial charge in [-0.1, -0.05) is 0 Å². The van der Waals surface area contributed by atoms with Gasteiger partial charge in [0.2, 0.25) is 0 Å². The summed E-state index contributed by atoms with van der Waals surface area (Å²) in [6.07, 6.45) is -0.984. The molecule has 0 spiro atoms. The summed E-state index contributed by atoms with van der Waals surface area (Å²) in [5.41, 5.74) is 0. The molecule has 0 radical (unpaired) electrons. The van der Waals surface area contributed by atoms with Crippen LogP contribution in [0.3, 0.4) is 0 Å². The molecule has 3 amide bonds. The second kappa shape index (κ2) is 7.87. The molecule has 1 N–H and O–H groups in total. The number of methoxy groups -OCH3 is 1. The molecule has 124 valence electrons. The first-order valence-corrected chi connectivity index (χ1v) is 8.05. The van der Waals surface area contributed by atoms with E-state index in [9.17, 15) is 14.4 Å². The standard InChI is InChI=1S/C15H18N2O5S/c1-10(14(19)17-8-7-16-15(17)20)22-13(18)9-23-12-5-3-11(21-2)4-6-12/h3-6,10H,7-9H2,1-2H3,(H,16,20)/t10-/m0/s1. The quantitative estimate of drug-likeness (QED) is 0.621. The van der Waals surface area contributed by atoms with Crippen LogP contribution in [0.2, 0.25) is 0 Å². The Balaban J connectivity index is 1.79. The van der Waals surface area contributed by atoms with E-state index in [0.717, 1.165) is 15.5 Å². The van der Waals surface area contributed by atoms with Crippen molar-refractivity contribution in [1.82, 2.24) is 10.2 Å². The number of thioether (sulfide) groups is 1. The van der Waals surface area contributed by atoms with E-state index in [1.165, 1.54) is 18.7 Å². The van der Waals surface area contributed by atoms with E-state index in [1.54, 1.807) is 19.2 Å². The minimum atomic E-state index is -0.984. The third-order valence-corrected chi connectivity index (χ3v) is 4.18. The molecule has 8 heteroatoms. The van der Waals surface area contributed by atoms with Crippen LogP contribution >= 0.6 is 11.8 Å². The lowest BCUT2D eigenvalue weighted by molar-refractivity contribution is -0.155. The van der Waals surface area contributed by atoms with Gasteiger partial charge in [0.15, 0.2) is 6.10 Å². The summed E-state index contributed by atoms with van der Waals surface area (Å²) in [7, 11) is 1.58. The maximum absolute atomic E-state index is 12.0. The number of rotatable bonds is 6. The maximum Gasteiger partial charge on any atom is 0.324 e. The van der Waals surface area contributed by atoms with Crippen molar-refractivity contribution < 1.29 is 23.9 Å². The highest BCUT2D eigenvalue weighted by atomic mass is 32.2. The molecule has 1 atom stereocenters. The first-order valence-electron chi connectivity index (χ1n) is 7.07. The van der Waals surface area contributed by atoms with Gasteiger partial charge in [-0.3, -0.25) is 14.5 Å². The van der Waals surface area contributed by atoms with Gasteiger partial charge in [-0.15, -0.1) is 11.8 Å². The van der Waals surface area contributed by atoms with E-state index >= 15 is 0 Å². The highest BCUT2D eigenvalue weighted by Crippen LogP contribution is 2.21. The van der Waals surface area contributed by atoms with Gasteiger partial charge in [0.1, 0.15) is 5.75 Å². The van der Waals surface area contributed by atoms with Crippen molar-refractivity contribution in [3.05, 3.63) is 24.3 Å². The molecule has 1 aromatic carbocycles. The molecule has 1 aromatic rings. The Hall–Kier alpha value is -2.22. The lowest BCUT2D eigenvalue weighted by atomic mass is 10.3. The zero-order valence-corrected chi connectivity index (χ0v) is 13.7. The molecular formula is C15H18N2O5S. The van der Waals surface area contributed by atoms with Crippen LogP contribution in [-0.4, -0.2) is 54.9 Å². The number of nitrogens with zero attached hydrogens (tertiary/aromatic N) is 1. The van der Waals surface area contributed by atoms with Gasteiger partial charge in [0, 0.05) is 18.0 Å². The van der Waals surface area contributed by atoms with Crippen LogP contribution in [-0.2, 0) is 14.3 Å². The second-order valence-electron chi connectivity index (χ2n) is 4.82. The van der Waals surface area contributed by atoms with Crippen LogP contribution in [0.25, 0.3) is 0 Å². The molecule has 1 aliphatic heterocycles. The number of hydrogen-bond acceptors (Lipinski definition) is 6. The fourth-order valence-corrected chi connectivity index (χ4v) is 2.68. The molecule has 7 nitrogen and oxygen atoms in total. The molecule has 0 bridgehead atoms. The van der Waals surface area contributed by atoms with Gasteiger partial charge >= 0.3 is 12.0 Å². The Labute approximate surface area is 138 Å². The SMILES string of the molecule is COc1ccc(SCC(=O)O[C@@H](C)C(=O)N2CCNC2=O)cc1. The van der Waals surface area contributed by atoms with E-state index in [1.807, 2.05) is 12.1 Å². The minimum Gasteiger partial charge on any atom is -0.497 e. The molecule has 0 saturated carbocycles. The van der Waals surface area contributed by atoms with Crippen LogP contribution in [0, 0.1) is 0 Å². The van der Waals surface area contributed by atoms with Crippen molar-refractivity contribution in [3.8, 4) is 5.75 Å². The second-order valence-corrected chi connectivity index (χ2v) is 5.87. The summed E-state index contributed by atoms with van der Waals surface area (Å²) in [4.78, 5) is 37.2.